The Balaban J connectivity index is 0. The summed E-state index contributed by atoms with van der Waals surface area (Å²) in [4.78, 5) is 0. The smallest absolute Gasteiger partial charge is 0.0167 e. The Kier molecular flexibility index (Phi) is 146. The third kappa shape index (κ3) is 35.3. The van der Waals surface area contributed by atoms with Crippen LogP contribution in [0.3, 0.4) is 0 Å². The van der Waals surface area contributed by atoms with Gasteiger partial charge >= 0.3 is 0 Å². The van der Waals surface area contributed by atoms with Gasteiger partial charge in [0.1, 0.15) is 0 Å². The highest BCUT2D eigenvalue weighted by molar-refractivity contribution is 4.47. The van der Waals surface area contributed by atoms with Crippen LogP contribution in [0.1, 0.15) is 0 Å². The molecule has 0 aromatic rings. The van der Waals surface area contributed by atoms with Gasteiger partial charge in [0.25, 0.3) is 0 Å². The summed E-state index contributed by atoms with van der Waals surface area (Å²) in [6, 6.07) is 0. The first-order chi connectivity index (χ1) is 2.41. The quantitative estimate of drug-likeness (QED) is 0.399. The SMILES string of the molecule is C#C.CNC. The molecule has 0 aromatic carbocycles. The minimum atomic E-state index is 1.88. The molecule has 0 heterocycles. The second-order valence-corrected chi connectivity index (χ2v) is 0.500. The van der Waals surface area contributed by atoms with Crippen molar-refractivity contribution in [2.24, 2.45) is 0 Å². The second kappa shape index (κ2) is 82.7. The highest BCUT2D eigenvalue weighted by Gasteiger charge is 1.25. The largest absolute Gasteiger partial charge is 0.323 e. The van der Waals surface area contributed by atoms with E-state index < -0.39 is 0 Å². The molecule has 0 bridgehead atoms. The number of hydrogen-bond donors (Lipinski definition) is 1. The molecular weight excluding hydrogens is 62.1 g/mol. The van der Waals surface area contributed by atoms with Crippen LogP contribution in [0.15, 0.2) is 0 Å². The summed E-state index contributed by atoms with van der Waals surface area (Å²) in [7, 11) is 3.75. The van der Waals surface area contributed by atoms with Crippen LogP contribution in [0, 0.1) is 12.8 Å². The molecule has 0 aliphatic carbocycles. The molecule has 1 N–H and O–H groups in total. The molecule has 0 aromatic heterocycles. The summed E-state index contributed by atoms with van der Waals surface area (Å²) in [5, 5.41) is 2.75. The van der Waals surface area contributed by atoms with Crippen molar-refractivity contribution in [3.8, 4) is 12.8 Å². The van der Waals surface area contributed by atoms with E-state index in [1.807, 2.05) is 14.1 Å². The van der Waals surface area contributed by atoms with Gasteiger partial charge in [-0.1, -0.05) is 0 Å². The molecule has 5 heavy (non-hydrogen) atoms. The maximum atomic E-state index is 4.00. The van der Waals surface area contributed by atoms with Gasteiger partial charge < -0.3 is 5.32 Å². The van der Waals surface area contributed by atoms with Gasteiger partial charge in [-0.15, -0.1) is 12.8 Å². The van der Waals surface area contributed by atoms with Crippen molar-refractivity contribution in [2.45, 2.75) is 0 Å². The second-order valence-electron chi connectivity index (χ2n) is 0.500. The average molecular weight is 71.1 g/mol. The van der Waals surface area contributed by atoms with Crippen molar-refractivity contribution in [3.05, 3.63) is 0 Å². The Labute approximate surface area is 33.4 Å². The maximum absolute atomic E-state index is 4.00. The van der Waals surface area contributed by atoms with Gasteiger partial charge in [-0.3, -0.25) is 0 Å². The molecule has 0 aliphatic rings. The van der Waals surface area contributed by atoms with Crippen LogP contribution >= 0.6 is 0 Å². The molecule has 0 saturated heterocycles. The van der Waals surface area contributed by atoms with Gasteiger partial charge in [-0.2, -0.15) is 0 Å². The Morgan fingerprint density at radius 2 is 1.20 bits per heavy atom. The molecule has 0 fully saturated rings. The molecule has 1 heteroatoms. The molecule has 30 valence electrons. The van der Waals surface area contributed by atoms with Crippen LogP contribution in [0.4, 0.5) is 0 Å². The van der Waals surface area contributed by atoms with E-state index in [0.29, 0.717) is 0 Å². The standard InChI is InChI=1S/C2H7N.C2H2/c1-3-2;1-2/h3H,1-2H3;1-2H. The summed E-state index contributed by atoms with van der Waals surface area (Å²) in [6.07, 6.45) is 8.00. The van der Waals surface area contributed by atoms with Gasteiger partial charge in [-0.05, 0) is 14.1 Å². The van der Waals surface area contributed by atoms with Gasteiger partial charge in [0.2, 0.25) is 0 Å². The molecule has 0 amide bonds. The van der Waals surface area contributed by atoms with Crippen LogP contribution in [0.5, 0.6) is 0 Å². The van der Waals surface area contributed by atoms with E-state index in [1.165, 1.54) is 0 Å². The topological polar surface area (TPSA) is 12.0 Å². The highest BCUT2D eigenvalue weighted by atomic mass is 14.7. The third-order valence-corrected chi connectivity index (χ3v) is 0. The number of rotatable bonds is 0. The van der Waals surface area contributed by atoms with Crippen molar-refractivity contribution < 1.29 is 0 Å². The van der Waals surface area contributed by atoms with Crippen molar-refractivity contribution in [2.75, 3.05) is 14.1 Å². The van der Waals surface area contributed by atoms with Crippen molar-refractivity contribution in [1.82, 2.24) is 5.32 Å². The van der Waals surface area contributed by atoms with Crippen LogP contribution in [0.25, 0.3) is 0 Å². The fourth-order valence-electron chi connectivity index (χ4n) is 0. The minimum Gasteiger partial charge on any atom is -0.323 e. The van der Waals surface area contributed by atoms with Gasteiger partial charge in [0.15, 0.2) is 0 Å². The van der Waals surface area contributed by atoms with Gasteiger partial charge in [0, 0.05) is 0 Å². The monoisotopic (exact) mass is 71.1 g/mol. The number of terminal acetylenes is 1. The lowest BCUT2D eigenvalue weighted by molar-refractivity contribution is 1.02. The van der Waals surface area contributed by atoms with E-state index in [-0.39, 0.29) is 0 Å². The molecule has 0 aliphatic heterocycles. The number of hydrogen-bond acceptors (Lipinski definition) is 1. The molecule has 0 spiro atoms. The summed E-state index contributed by atoms with van der Waals surface area (Å²) in [5.74, 6) is 0. The van der Waals surface area contributed by atoms with Gasteiger partial charge in [0.05, 0.1) is 0 Å². The molecule has 0 radical (unpaired) electrons. The summed E-state index contributed by atoms with van der Waals surface area (Å²) >= 11 is 0. The molecule has 0 atom stereocenters. The summed E-state index contributed by atoms with van der Waals surface area (Å²) in [5.41, 5.74) is 0. The van der Waals surface area contributed by atoms with E-state index >= 15 is 0 Å². The average Bonchev–Trinajstić information content (AvgIpc) is 1.46. The third-order valence-electron chi connectivity index (χ3n) is 0. The first-order valence-electron chi connectivity index (χ1n) is 1.33. The molecule has 1 nitrogen and oxygen atoms in total. The van der Waals surface area contributed by atoms with Gasteiger partial charge in [-0.25, -0.2) is 0 Å². The van der Waals surface area contributed by atoms with Crippen LogP contribution in [0.2, 0.25) is 0 Å². The maximum Gasteiger partial charge on any atom is -0.0167 e. The molecule has 0 rings (SSSR count). The zero-order valence-electron chi connectivity index (χ0n) is 3.65. The van der Waals surface area contributed by atoms with Crippen LogP contribution in [-0.4, -0.2) is 14.1 Å². The predicted octanol–water partition coefficient (Wildman–Crippen LogP) is 0.0850. The zero-order valence-corrected chi connectivity index (χ0v) is 3.65. The predicted molar refractivity (Wildman–Crippen MR) is 24.9 cm³/mol. The van der Waals surface area contributed by atoms with Crippen molar-refractivity contribution >= 4 is 0 Å². The molecular formula is C4H9N. The van der Waals surface area contributed by atoms with E-state index in [0.717, 1.165) is 0 Å². The van der Waals surface area contributed by atoms with E-state index in [4.69, 9.17) is 0 Å². The Hall–Kier alpha value is -0.480. The normalized spacial score (nSPS) is 4.00. The highest BCUT2D eigenvalue weighted by Crippen LogP contribution is 0.981. The van der Waals surface area contributed by atoms with E-state index in [9.17, 15) is 0 Å². The summed E-state index contributed by atoms with van der Waals surface area (Å²) in [6.45, 7) is 0. The fraction of sp³-hybridized carbons (Fsp3) is 0.500. The fourth-order valence-corrected chi connectivity index (χ4v) is 0. The molecule has 0 unspecified atom stereocenters. The summed E-state index contributed by atoms with van der Waals surface area (Å²) < 4.78 is 0. The lowest BCUT2D eigenvalue weighted by atomic mass is 11.3. The van der Waals surface area contributed by atoms with Crippen molar-refractivity contribution in [3.63, 3.8) is 0 Å². The van der Waals surface area contributed by atoms with Crippen LogP contribution < -0.4 is 5.32 Å². The van der Waals surface area contributed by atoms with E-state index in [2.05, 4.69) is 18.2 Å². The van der Waals surface area contributed by atoms with Crippen molar-refractivity contribution in [1.29, 1.82) is 0 Å². The lowest BCUT2D eigenvalue weighted by Crippen LogP contribution is -1.89. The Morgan fingerprint density at radius 1 is 1.20 bits per heavy atom. The Morgan fingerprint density at radius 3 is 1.20 bits per heavy atom. The Bertz CT molecular complexity index is 14.9. The number of nitrogens with one attached hydrogen (secondary N) is 1. The lowest BCUT2D eigenvalue weighted by Gasteiger charge is -1.59. The molecule has 0 saturated carbocycles. The first kappa shape index (κ1) is 8.82. The van der Waals surface area contributed by atoms with E-state index in [1.54, 1.807) is 0 Å². The zero-order chi connectivity index (χ0) is 4.71. The minimum absolute atomic E-state index is 1.88. The first-order valence-corrected chi connectivity index (χ1v) is 1.33. The van der Waals surface area contributed by atoms with Crippen LogP contribution in [-0.2, 0) is 0 Å².